The number of amidine groups is 1. The molecular formula is C37H28F2N10O3S. The van der Waals surface area contributed by atoms with Gasteiger partial charge in [0.05, 0.1) is 30.4 Å². The Morgan fingerprint density at radius 1 is 0.774 bits per heavy atom. The molecule has 8 rings (SSSR count). The Labute approximate surface area is 303 Å². The second kappa shape index (κ2) is 15.5. The van der Waals surface area contributed by atoms with Crippen molar-refractivity contribution in [2.75, 3.05) is 0 Å². The minimum absolute atomic E-state index is 0.163. The summed E-state index contributed by atoms with van der Waals surface area (Å²) in [6, 6.07) is 25.8. The van der Waals surface area contributed by atoms with E-state index in [0.29, 0.717) is 56.4 Å². The van der Waals surface area contributed by atoms with Crippen LogP contribution in [0.5, 0.6) is 0 Å². The molecule has 0 aliphatic carbocycles. The molecule has 13 nitrogen and oxygen atoms in total. The van der Waals surface area contributed by atoms with Gasteiger partial charge in [-0.15, -0.1) is 0 Å². The first-order chi connectivity index (χ1) is 25.8. The van der Waals surface area contributed by atoms with Crippen molar-refractivity contribution in [3.63, 3.8) is 0 Å². The van der Waals surface area contributed by atoms with Crippen LogP contribution in [0.2, 0.25) is 0 Å². The van der Waals surface area contributed by atoms with Gasteiger partial charge in [0, 0.05) is 34.4 Å². The Morgan fingerprint density at radius 3 is 1.89 bits per heavy atom. The zero-order valence-electron chi connectivity index (χ0n) is 27.6. The molecule has 0 fully saturated rings. The summed E-state index contributed by atoms with van der Waals surface area (Å²) < 4.78 is 41.7. The first-order valence-electron chi connectivity index (χ1n) is 15.9. The van der Waals surface area contributed by atoms with E-state index in [4.69, 9.17) is 20.0 Å². The van der Waals surface area contributed by atoms with Gasteiger partial charge in [0.2, 0.25) is 11.8 Å². The molecule has 5 heterocycles. The Bertz CT molecular complexity index is 2530. The third-order valence-electron chi connectivity index (χ3n) is 7.67. The van der Waals surface area contributed by atoms with Gasteiger partial charge in [0.15, 0.2) is 5.82 Å². The summed E-state index contributed by atoms with van der Waals surface area (Å²) in [5.41, 5.74) is 7.91. The highest BCUT2D eigenvalue weighted by molar-refractivity contribution is 7.99. The van der Waals surface area contributed by atoms with Gasteiger partial charge in [-0.25, -0.2) is 23.7 Å². The summed E-state index contributed by atoms with van der Waals surface area (Å²) >= 11 is 1.33. The number of H-pyrrole nitrogens is 1. The van der Waals surface area contributed by atoms with Gasteiger partial charge in [-0.2, -0.15) is 10.2 Å². The third kappa shape index (κ3) is 8.02. The SMILES string of the molecule is N=C(N)c1cc(-c2ncco2)n(Cc2ccccc2F)n1.O=c1[nH]c(-c2cc(-c3ncco3)n(Cc3ccccc3F)n2)ncc1Sc1ccccc1. The summed E-state index contributed by atoms with van der Waals surface area (Å²) in [6.07, 6.45) is 7.43. The summed E-state index contributed by atoms with van der Waals surface area (Å²) in [5.74, 6) is 0.139. The van der Waals surface area contributed by atoms with Crippen LogP contribution in [0, 0.1) is 17.0 Å². The van der Waals surface area contributed by atoms with Crippen molar-refractivity contribution in [2.24, 2.45) is 5.73 Å². The van der Waals surface area contributed by atoms with Crippen LogP contribution in [-0.4, -0.2) is 45.3 Å². The van der Waals surface area contributed by atoms with Crippen molar-refractivity contribution in [3.8, 4) is 34.7 Å². The number of benzene rings is 3. The summed E-state index contributed by atoms with van der Waals surface area (Å²) in [5, 5.41) is 16.2. The first-order valence-corrected chi connectivity index (χ1v) is 16.7. The number of nitrogens with one attached hydrogen (secondary N) is 2. The number of oxazole rings is 2. The lowest BCUT2D eigenvalue weighted by Crippen LogP contribution is -2.13. The fourth-order valence-electron chi connectivity index (χ4n) is 5.14. The molecule has 0 spiro atoms. The monoisotopic (exact) mass is 730 g/mol. The molecule has 0 aliphatic rings. The topological polar surface area (TPSA) is 183 Å². The first kappa shape index (κ1) is 34.5. The van der Waals surface area contributed by atoms with Crippen molar-refractivity contribution in [3.05, 3.63) is 161 Å². The number of rotatable bonds is 10. The molecule has 8 aromatic rings. The van der Waals surface area contributed by atoms with Gasteiger partial charge in [-0.3, -0.25) is 19.6 Å². The largest absolute Gasteiger partial charge is 0.443 e. The van der Waals surface area contributed by atoms with Crippen LogP contribution in [0.4, 0.5) is 8.78 Å². The molecule has 0 atom stereocenters. The average molecular weight is 731 g/mol. The number of hydrogen-bond donors (Lipinski definition) is 3. The van der Waals surface area contributed by atoms with E-state index >= 15 is 0 Å². The van der Waals surface area contributed by atoms with Crippen LogP contribution in [0.25, 0.3) is 34.7 Å². The third-order valence-corrected chi connectivity index (χ3v) is 8.69. The molecule has 16 heteroatoms. The van der Waals surface area contributed by atoms with Crippen molar-refractivity contribution in [2.45, 2.75) is 22.9 Å². The summed E-state index contributed by atoms with van der Waals surface area (Å²) in [4.78, 5) is 29.5. The van der Waals surface area contributed by atoms with Gasteiger partial charge < -0.3 is 19.6 Å². The highest BCUT2D eigenvalue weighted by Crippen LogP contribution is 2.27. The van der Waals surface area contributed by atoms with Gasteiger partial charge in [0.25, 0.3) is 5.56 Å². The maximum atomic E-state index is 14.2. The highest BCUT2D eigenvalue weighted by atomic mass is 32.2. The maximum Gasteiger partial charge on any atom is 0.265 e. The molecule has 0 aliphatic heterocycles. The molecule has 0 saturated carbocycles. The van der Waals surface area contributed by atoms with Gasteiger partial charge >= 0.3 is 0 Å². The van der Waals surface area contributed by atoms with E-state index in [1.165, 1.54) is 59.7 Å². The van der Waals surface area contributed by atoms with Crippen LogP contribution in [0.3, 0.4) is 0 Å². The Hall–Kier alpha value is -6.94. The zero-order valence-corrected chi connectivity index (χ0v) is 28.4. The van der Waals surface area contributed by atoms with Crippen molar-refractivity contribution >= 4 is 17.6 Å². The highest BCUT2D eigenvalue weighted by Gasteiger charge is 2.19. The molecular weight excluding hydrogens is 703 g/mol. The van der Waals surface area contributed by atoms with E-state index in [-0.39, 0.29) is 36.1 Å². The normalized spacial score (nSPS) is 10.9. The minimum Gasteiger partial charge on any atom is -0.443 e. The van der Waals surface area contributed by atoms with Crippen LogP contribution in [0.15, 0.2) is 146 Å². The van der Waals surface area contributed by atoms with Gasteiger partial charge in [0.1, 0.15) is 52.8 Å². The molecule has 3 aromatic carbocycles. The number of aromatic nitrogens is 8. The number of nitrogens with zero attached hydrogens (tertiary/aromatic N) is 7. The predicted octanol–water partition coefficient (Wildman–Crippen LogP) is 6.64. The van der Waals surface area contributed by atoms with Crippen molar-refractivity contribution in [1.82, 2.24) is 39.5 Å². The predicted molar refractivity (Wildman–Crippen MR) is 192 cm³/mol. The second-order valence-electron chi connectivity index (χ2n) is 11.3. The molecule has 0 radical (unpaired) electrons. The van der Waals surface area contributed by atoms with E-state index in [9.17, 15) is 13.6 Å². The maximum absolute atomic E-state index is 14.2. The van der Waals surface area contributed by atoms with E-state index in [2.05, 4.69) is 30.1 Å². The molecule has 0 bridgehead atoms. The van der Waals surface area contributed by atoms with Crippen LogP contribution < -0.4 is 11.3 Å². The van der Waals surface area contributed by atoms with Crippen LogP contribution in [0.1, 0.15) is 16.8 Å². The van der Waals surface area contributed by atoms with Gasteiger partial charge in [-0.1, -0.05) is 66.4 Å². The van der Waals surface area contributed by atoms with E-state index in [1.54, 1.807) is 53.2 Å². The number of aromatic amines is 1. The molecule has 4 N–H and O–H groups in total. The lowest BCUT2D eigenvalue weighted by atomic mass is 10.2. The zero-order chi connectivity index (χ0) is 36.7. The molecule has 264 valence electrons. The van der Waals surface area contributed by atoms with E-state index in [0.717, 1.165) is 4.90 Å². The number of nitrogens with two attached hydrogens (primary N) is 1. The average Bonchev–Trinajstić information content (AvgIpc) is 4.00. The molecule has 53 heavy (non-hydrogen) atoms. The smallest absolute Gasteiger partial charge is 0.265 e. The lowest BCUT2D eigenvalue weighted by Gasteiger charge is -2.06. The van der Waals surface area contributed by atoms with Crippen LogP contribution in [-0.2, 0) is 13.1 Å². The van der Waals surface area contributed by atoms with Gasteiger partial charge in [-0.05, 0) is 24.3 Å². The van der Waals surface area contributed by atoms with E-state index < -0.39 is 0 Å². The quantitative estimate of drug-likeness (QED) is 0.102. The van der Waals surface area contributed by atoms with E-state index in [1.807, 2.05) is 30.3 Å². The number of halogens is 2. The molecule has 0 saturated heterocycles. The molecule has 0 amide bonds. The fraction of sp³-hybridized carbons (Fsp3) is 0.0541. The number of nitrogen functional groups attached to an aromatic ring is 1. The molecule has 0 unspecified atom stereocenters. The summed E-state index contributed by atoms with van der Waals surface area (Å²) in [7, 11) is 0. The van der Waals surface area contributed by atoms with Crippen molar-refractivity contribution in [1.29, 1.82) is 5.41 Å². The summed E-state index contributed by atoms with van der Waals surface area (Å²) in [6.45, 7) is 0.355. The fourth-order valence-corrected chi connectivity index (χ4v) is 5.94. The Balaban J connectivity index is 0.000000179. The van der Waals surface area contributed by atoms with Crippen molar-refractivity contribution < 1.29 is 17.6 Å². The Morgan fingerprint density at radius 2 is 1.34 bits per heavy atom. The number of hydrogen-bond acceptors (Lipinski definition) is 10. The standard InChI is InChI=1S/C23H16FN5O2S.C14H12FN5O/c24-17-9-5-4-6-15(17)14-29-19(23-25-10-11-31-23)12-18(28-29)21-26-13-20(22(30)27-21)32-16-7-2-1-3-8-16;15-10-4-2-1-3-9(10)8-20-12(14-18-5-6-21-14)7-11(19-20)13(16)17/h1-13H,14H2,(H,26,27,30);1-7H,8H2,(H3,16,17). The Kier molecular flexibility index (Phi) is 10.1. The minimum atomic E-state index is -0.336. The lowest BCUT2D eigenvalue weighted by molar-refractivity contribution is 0.553. The van der Waals surface area contributed by atoms with Crippen LogP contribution >= 0.6 is 11.8 Å². The second-order valence-corrected chi connectivity index (χ2v) is 12.4. The molecule has 5 aromatic heterocycles.